The Labute approximate surface area is 168 Å². The smallest absolute Gasteiger partial charge is 0.291 e. The lowest BCUT2D eigenvalue weighted by Gasteiger charge is -2.05. The van der Waals surface area contributed by atoms with Gasteiger partial charge in [0.15, 0.2) is 5.76 Å². The molecule has 0 spiro atoms. The van der Waals surface area contributed by atoms with E-state index in [0.717, 1.165) is 11.3 Å². The van der Waals surface area contributed by atoms with Crippen LogP contribution >= 0.6 is 0 Å². The second-order valence-corrected chi connectivity index (χ2v) is 6.38. The average Bonchev–Trinajstić information content (AvgIpc) is 3.26. The topological polar surface area (TPSA) is 71.3 Å². The van der Waals surface area contributed by atoms with E-state index >= 15 is 0 Å². The van der Waals surface area contributed by atoms with E-state index in [1.807, 2.05) is 48.5 Å². The van der Waals surface area contributed by atoms with Gasteiger partial charge in [-0.05, 0) is 48.5 Å². The molecule has 142 valence electrons. The Kier molecular flexibility index (Phi) is 5.21. The van der Waals surface area contributed by atoms with Gasteiger partial charge in [-0.2, -0.15) is 0 Å². The summed E-state index contributed by atoms with van der Waals surface area (Å²) in [6.07, 6.45) is 0. The molecule has 0 aliphatic rings. The summed E-state index contributed by atoms with van der Waals surface area (Å²) in [6.45, 7) is 0. The third-order valence-corrected chi connectivity index (χ3v) is 4.32. The SMILES string of the molecule is O=C(Nc1ccccc1)c1ccc(-c2ccc(C(=O)Nc3ccccc3)o2)cc1. The van der Waals surface area contributed by atoms with Crippen LogP contribution in [-0.2, 0) is 0 Å². The first-order chi connectivity index (χ1) is 14.2. The number of hydrogen-bond donors (Lipinski definition) is 2. The van der Waals surface area contributed by atoms with E-state index < -0.39 is 0 Å². The Hall–Kier alpha value is -4.12. The van der Waals surface area contributed by atoms with Crippen molar-refractivity contribution >= 4 is 23.2 Å². The minimum absolute atomic E-state index is 0.190. The zero-order chi connectivity index (χ0) is 20.1. The molecule has 5 heteroatoms. The minimum Gasteiger partial charge on any atom is -0.451 e. The molecule has 2 N–H and O–H groups in total. The fourth-order valence-electron chi connectivity index (χ4n) is 2.84. The van der Waals surface area contributed by atoms with Gasteiger partial charge in [-0.1, -0.05) is 48.5 Å². The van der Waals surface area contributed by atoms with Crippen molar-refractivity contribution in [3.8, 4) is 11.3 Å². The van der Waals surface area contributed by atoms with Crippen LogP contribution in [0.15, 0.2) is 101 Å². The standard InChI is InChI=1S/C24H18N2O3/c27-23(25-19-7-3-1-4-8-19)18-13-11-17(12-14-18)21-15-16-22(29-21)24(28)26-20-9-5-2-6-10-20/h1-16H,(H,25,27)(H,26,28). The van der Waals surface area contributed by atoms with Gasteiger partial charge in [-0.25, -0.2) is 0 Å². The average molecular weight is 382 g/mol. The molecule has 2 amide bonds. The first-order valence-electron chi connectivity index (χ1n) is 9.12. The fraction of sp³-hybridized carbons (Fsp3) is 0. The lowest BCUT2D eigenvalue weighted by molar-refractivity contribution is 0.0995. The molecule has 0 fully saturated rings. The van der Waals surface area contributed by atoms with Crippen molar-refractivity contribution < 1.29 is 14.0 Å². The van der Waals surface area contributed by atoms with E-state index in [4.69, 9.17) is 4.42 Å². The quantitative estimate of drug-likeness (QED) is 0.482. The van der Waals surface area contributed by atoms with Crippen molar-refractivity contribution in [2.24, 2.45) is 0 Å². The highest BCUT2D eigenvalue weighted by Gasteiger charge is 2.13. The summed E-state index contributed by atoms with van der Waals surface area (Å²) in [5.74, 6) is 0.263. The third kappa shape index (κ3) is 4.42. The van der Waals surface area contributed by atoms with Gasteiger partial charge in [0.1, 0.15) is 5.76 Å². The normalized spacial score (nSPS) is 10.3. The van der Waals surface area contributed by atoms with Crippen molar-refractivity contribution in [3.05, 3.63) is 108 Å². The maximum Gasteiger partial charge on any atom is 0.291 e. The number of anilines is 2. The largest absolute Gasteiger partial charge is 0.451 e. The molecule has 3 aromatic carbocycles. The molecule has 0 bridgehead atoms. The van der Waals surface area contributed by atoms with Gasteiger partial charge in [0.05, 0.1) is 0 Å². The van der Waals surface area contributed by atoms with Gasteiger partial charge < -0.3 is 15.1 Å². The number of para-hydroxylation sites is 2. The zero-order valence-electron chi connectivity index (χ0n) is 15.5. The molecule has 0 atom stereocenters. The molecule has 0 saturated carbocycles. The predicted octanol–water partition coefficient (Wildman–Crippen LogP) is 5.45. The van der Waals surface area contributed by atoms with Crippen molar-refractivity contribution in [1.82, 2.24) is 0 Å². The van der Waals surface area contributed by atoms with Gasteiger partial charge in [0, 0.05) is 22.5 Å². The lowest BCUT2D eigenvalue weighted by Crippen LogP contribution is -2.11. The molecule has 0 unspecified atom stereocenters. The number of carbonyl (C=O) groups is 2. The zero-order valence-corrected chi connectivity index (χ0v) is 15.5. The van der Waals surface area contributed by atoms with Crippen LogP contribution in [0.2, 0.25) is 0 Å². The van der Waals surface area contributed by atoms with Crippen molar-refractivity contribution in [1.29, 1.82) is 0 Å². The Morgan fingerprint density at radius 3 is 1.72 bits per heavy atom. The van der Waals surface area contributed by atoms with E-state index in [9.17, 15) is 9.59 Å². The third-order valence-electron chi connectivity index (χ3n) is 4.32. The van der Waals surface area contributed by atoms with Crippen LogP contribution < -0.4 is 10.6 Å². The number of benzene rings is 3. The lowest BCUT2D eigenvalue weighted by atomic mass is 10.1. The minimum atomic E-state index is -0.318. The monoisotopic (exact) mass is 382 g/mol. The summed E-state index contributed by atoms with van der Waals surface area (Å²) in [7, 11) is 0. The van der Waals surface area contributed by atoms with Crippen LogP contribution in [0.4, 0.5) is 11.4 Å². The van der Waals surface area contributed by atoms with Crippen LogP contribution in [0.25, 0.3) is 11.3 Å². The van der Waals surface area contributed by atoms with Crippen LogP contribution in [-0.4, -0.2) is 11.8 Å². The van der Waals surface area contributed by atoms with E-state index in [0.29, 0.717) is 17.0 Å². The summed E-state index contributed by atoms with van der Waals surface area (Å²) >= 11 is 0. The Morgan fingerprint density at radius 1 is 0.586 bits per heavy atom. The van der Waals surface area contributed by atoms with E-state index in [1.165, 1.54) is 0 Å². The van der Waals surface area contributed by atoms with E-state index in [2.05, 4.69) is 10.6 Å². The molecular formula is C24H18N2O3. The number of carbonyl (C=O) groups excluding carboxylic acids is 2. The maximum atomic E-state index is 12.3. The van der Waals surface area contributed by atoms with E-state index in [1.54, 1.807) is 48.5 Å². The molecule has 29 heavy (non-hydrogen) atoms. The van der Waals surface area contributed by atoms with Gasteiger partial charge in [-0.3, -0.25) is 9.59 Å². The highest BCUT2D eigenvalue weighted by Crippen LogP contribution is 2.23. The van der Waals surface area contributed by atoms with Gasteiger partial charge in [0.2, 0.25) is 0 Å². The molecule has 1 heterocycles. The first-order valence-corrected chi connectivity index (χ1v) is 9.12. The van der Waals surface area contributed by atoms with Crippen LogP contribution in [0.5, 0.6) is 0 Å². The van der Waals surface area contributed by atoms with Gasteiger partial charge in [0.25, 0.3) is 11.8 Å². The Morgan fingerprint density at radius 2 is 1.14 bits per heavy atom. The van der Waals surface area contributed by atoms with Crippen molar-refractivity contribution in [3.63, 3.8) is 0 Å². The predicted molar refractivity (Wildman–Crippen MR) is 113 cm³/mol. The number of rotatable bonds is 5. The highest BCUT2D eigenvalue weighted by molar-refractivity contribution is 6.04. The molecule has 0 saturated heterocycles. The molecule has 0 aliphatic carbocycles. The maximum absolute atomic E-state index is 12.3. The van der Waals surface area contributed by atoms with Gasteiger partial charge in [-0.15, -0.1) is 0 Å². The molecule has 0 radical (unpaired) electrons. The molecule has 4 rings (SSSR count). The van der Waals surface area contributed by atoms with Gasteiger partial charge >= 0.3 is 0 Å². The van der Waals surface area contributed by atoms with Crippen LogP contribution in [0, 0.1) is 0 Å². The summed E-state index contributed by atoms with van der Waals surface area (Å²) in [5, 5.41) is 5.63. The van der Waals surface area contributed by atoms with Crippen molar-refractivity contribution in [2.75, 3.05) is 10.6 Å². The molecule has 1 aromatic heterocycles. The summed E-state index contributed by atoms with van der Waals surface area (Å²) in [6, 6.07) is 28.8. The Bertz CT molecular complexity index is 1120. The summed E-state index contributed by atoms with van der Waals surface area (Å²) in [5.41, 5.74) is 2.75. The molecular weight excluding hydrogens is 364 g/mol. The van der Waals surface area contributed by atoms with Crippen LogP contribution in [0.3, 0.4) is 0 Å². The second kappa shape index (κ2) is 8.27. The number of furan rings is 1. The molecule has 5 nitrogen and oxygen atoms in total. The summed E-state index contributed by atoms with van der Waals surface area (Å²) < 4.78 is 5.69. The second-order valence-electron chi connectivity index (χ2n) is 6.38. The first kappa shape index (κ1) is 18.3. The Balaban J connectivity index is 1.44. The van der Waals surface area contributed by atoms with Crippen molar-refractivity contribution in [2.45, 2.75) is 0 Å². The van der Waals surface area contributed by atoms with Crippen LogP contribution in [0.1, 0.15) is 20.9 Å². The summed E-state index contributed by atoms with van der Waals surface area (Å²) in [4.78, 5) is 24.7. The number of nitrogens with one attached hydrogen (secondary N) is 2. The van der Waals surface area contributed by atoms with E-state index in [-0.39, 0.29) is 17.6 Å². The number of hydrogen-bond acceptors (Lipinski definition) is 3. The fourth-order valence-corrected chi connectivity index (χ4v) is 2.84. The number of amides is 2. The molecule has 0 aliphatic heterocycles. The molecule has 4 aromatic rings. The highest BCUT2D eigenvalue weighted by atomic mass is 16.3.